The third-order valence-corrected chi connectivity index (χ3v) is 4.96. The lowest BCUT2D eigenvalue weighted by atomic mass is 9.86. The molecule has 0 bridgehead atoms. The molecule has 4 rings (SSSR count). The van der Waals surface area contributed by atoms with E-state index in [2.05, 4.69) is 4.98 Å². The van der Waals surface area contributed by atoms with Crippen LogP contribution in [0.1, 0.15) is 26.3 Å². The summed E-state index contributed by atoms with van der Waals surface area (Å²) in [5.41, 5.74) is 1.28. The second-order valence-corrected chi connectivity index (χ2v) is 8.37. The lowest BCUT2D eigenvalue weighted by Crippen LogP contribution is -2.63. The molecule has 1 unspecified atom stereocenters. The van der Waals surface area contributed by atoms with E-state index in [9.17, 15) is 15.0 Å². The number of nitrogens with one attached hydrogen (secondary N) is 1. The Morgan fingerprint density at radius 3 is 2.50 bits per heavy atom. The van der Waals surface area contributed by atoms with Gasteiger partial charge in [0.15, 0.2) is 0 Å². The number of aromatic amines is 1. The van der Waals surface area contributed by atoms with Crippen LogP contribution >= 0.6 is 0 Å². The van der Waals surface area contributed by atoms with Gasteiger partial charge in [-0.3, -0.25) is 4.79 Å². The van der Waals surface area contributed by atoms with Crippen LogP contribution in [0.5, 0.6) is 0 Å². The maximum Gasteiger partial charge on any atom is 0.272 e. The van der Waals surface area contributed by atoms with E-state index in [0.717, 1.165) is 11.1 Å². The number of aromatic nitrogens is 2. The summed E-state index contributed by atoms with van der Waals surface area (Å²) in [5.74, 6) is 0. The Bertz CT molecular complexity index is 1040. The fraction of sp³-hybridized carbons (Fsp3) is 0.381. The maximum absolute atomic E-state index is 12.2. The highest BCUT2D eigenvalue weighted by molar-refractivity contribution is 5.61. The van der Waals surface area contributed by atoms with E-state index in [1.807, 2.05) is 63.5 Å². The van der Waals surface area contributed by atoms with Crippen molar-refractivity contribution in [3.05, 3.63) is 64.7 Å². The predicted molar refractivity (Wildman–Crippen MR) is 106 cm³/mol. The van der Waals surface area contributed by atoms with Gasteiger partial charge in [0, 0.05) is 25.5 Å². The van der Waals surface area contributed by atoms with Gasteiger partial charge in [-0.15, -0.1) is 0 Å². The summed E-state index contributed by atoms with van der Waals surface area (Å²) in [6.45, 7) is 6.19. The number of hydrogen-bond donors (Lipinski definition) is 3. The molecule has 7 heteroatoms. The fourth-order valence-electron chi connectivity index (χ4n) is 3.52. The van der Waals surface area contributed by atoms with E-state index in [4.69, 9.17) is 4.74 Å². The summed E-state index contributed by atoms with van der Waals surface area (Å²) in [4.78, 5) is 16.7. The van der Waals surface area contributed by atoms with Crippen molar-refractivity contribution < 1.29 is 14.9 Å². The number of β-amino-alcohol motifs (C(OH)–C–C–N with tert-alkyl or cyclic N) is 1. The third-order valence-electron chi connectivity index (χ3n) is 4.96. The predicted octanol–water partition coefficient (Wildman–Crippen LogP) is 1.89. The van der Waals surface area contributed by atoms with E-state index in [-0.39, 0.29) is 18.6 Å². The number of ether oxygens (including phenoxy) is 1. The normalized spacial score (nSPS) is 18.2. The second-order valence-electron chi connectivity index (χ2n) is 8.37. The molecule has 1 atom stereocenters. The first-order chi connectivity index (χ1) is 13.1. The molecule has 0 saturated carbocycles. The van der Waals surface area contributed by atoms with Crippen molar-refractivity contribution in [1.82, 2.24) is 14.3 Å². The molecular weight excluding hydrogens is 358 g/mol. The number of likely N-dealkylation sites (tertiary alicyclic amines) is 1. The van der Waals surface area contributed by atoms with Crippen molar-refractivity contribution in [2.45, 2.75) is 38.4 Å². The van der Waals surface area contributed by atoms with Gasteiger partial charge >= 0.3 is 0 Å². The van der Waals surface area contributed by atoms with Crippen LogP contribution in [0, 0.1) is 0 Å². The average Bonchev–Trinajstić information content (AvgIpc) is 3.07. The van der Waals surface area contributed by atoms with Crippen molar-refractivity contribution in [2.24, 2.45) is 0 Å². The van der Waals surface area contributed by atoms with Gasteiger partial charge in [0.1, 0.15) is 11.1 Å². The Labute approximate surface area is 162 Å². The average molecular weight is 383 g/mol. The molecule has 2 aromatic heterocycles. The van der Waals surface area contributed by atoms with Crippen LogP contribution in [0.2, 0.25) is 0 Å². The maximum atomic E-state index is 12.2. The van der Waals surface area contributed by atoms with Gasteiger partial charge < -0.3 is 24.3 Å². The molecule has 1 saturated heterocycles. The van der Waals surface area contributed by atoms with Gasteiger partial charge in [-0.25, -0.2) is 4.90 Å². The van der Waals surface area contributed by atoms with Gasteiger partial charge in [-0.2, -0.15) is 0 Å². The Balaban J connectivity index is 1.50. The highest BCUT2D eigenvalue weighted by atomic mass is 16.6. The molecule has 0 aliphatic carbocycles. The third kappa shape index (κ3) is 3.49. The van der Waals surface area contributed by atoms with Gasteiger partial charge in [0.2, 0.25) is 6.41 Å². The van der Waals surface area contributed by atoms with Crippen molar-refractivity contribution >= 4 is 5.52 Å². The summed E-state index contributed by atoms with van der Waals surface area (Å²) in [6.07, 6.45) is 2.66. The van der Waals surface area contributed by atoms with Crippen molar-refractivity contribution in [1.29, 1.82) is 0 Å². The van der Waals surface area contributed by atoms with E-state index in [1.54, 1.807) is 15.4 Å². The number of aliphatic hydroxyl groups is 2. The van der Waals surface area contributed by atoms with Crippen LogP contribution in [0.4, 0.5) is 0 Å². The van der Waals surface area contributed by atoms with Gasteiger partial charge in [0.25, 0.3) is 5.56 Å². The Kier molecular flexibility index (Phi) is 4.43. The van der Waals surface area contributed by atoms with Gasteiger partial charge in [-0.1, -0.05) is 24.3 Å². The van der Waals surface area contributed by atoms with Crippen LogP contribution in [-0.4, -0.2) is 49.6 Å². The molecule has 7 nitrogen and oxygen atoms in total. The zero-order valence-electron chi connectivity index (χ0n) is 16.2. The van der Waals surface area contributed by atoms with Crippen molar-refractivity contribution in [3.63, 3.8) is 0 Å². The first-order valence-corrected chi connectivity index (χ1v) is 9.28. The van der Waals surface area contributed by atoms with E-state index in [0.29, 0.717) is 11.2 Å². The number of rotatable bonds is 4. The number of benzene rings is 1. The van der Waals surface area contributed by atoms with Gasteiger partial charge in [0.05, 0.1) is 11.3 Å². The van der Waals surface area contributed by atoms with Crippen LogP contribution in [0.25, 0.3) is 16.8 Å². The van der Waals surface area contributed by atoms with E-state index >= 15 is 0 Å². The number of H-pyrrole nitrogens is 1. The standard InChI is InChI=1S/C21H25N3O4/c1-20(2,3)28-19(26)24-12-21(27,13-24)15-8-6-14(7-9-15)16-11-23-10-4-5-17(23)18(25)22-16/h4-11,19,26-27H,12-13H2,1-3H3,(H,22,25). The SMILES string of the molecule is CC(C)(C)OC(O)N1CC(O)(c2ccc(-c3cn4cccc4c(=O)[nH]3)cc2)C1. The zero-order chi connectivity index (χ0) is 20.1. The summed E-state index contributed by atoms with van der Waals surface area (Å²) in [5, 5.41) is 21.0. The molecule has 1 aliphatic heterocycles. The quantitative estimate of drug-likeness (QED) is 0.599. The Morgan fingerprint density at radius 1 is 1.18 bits per heavy atom. The minimum atomic E-state index is -1.04. The molecule has 3 N–H and O–H groups in total. The number of fused-ring (bicyclic) bond motifs is 1. The van der Waals surface area contributed by atoms with Crippen LogP contribution in [0.3, 0.4) is 0 Å². The van der Waals surface area contributed by atoms with E-state index < -0.39 is 17.6 Å². The Morgan fingerprint density at radius 2 is 1.86 bits per heavy atom. The lowest BCUT2D eigenvalue weighted by molar-refractivity contribution is -0.287. The van der Waals surface area contributed by atoms with Crippen LogP contribution in [0.15, 0.2) is 53.6 Å². The second kappa shape index (κ2) is 6.56. The first kappa shape index (κ1) is 18.9. The minimum Gasteiger partial charge on any atom is -0.382 e. The number of aliphatic hydroxyl groups excluding tert-OH is 1. The summed E-state index contributed by atoms with van der Waals surface area (Å²) < 4.78 is 7.31. The highest BCUT2D eigenvalue weighted by Crippen LogP contribution is 2.34. The summed E-state index contributed by atoms with van der Waals surface area (Å²) in [6, 6.07) is 11.0. The monoisotopic (exact) mass is 383 g/mol. The molecule has 148 valence electrons. The lowest BCUT2D eigenvalue weighted by Gasteiger charge is -2.49. The summed E-state index contributed by atoms with van der Waals surface area (Å²) >= 11 is 0. The Hall–Kier alpha value is -2.45. The van der Waals surface area contributed by atoms with Crippen LogP contribution < -0.4 is 5.56 Å². The molecule has 0 amide bonds. The summed E-state index contributed by atoms with van der Waals surface area (Å²) in [7, 11) is 0. The smallest absolute Gasteiger partial charge is 0.272 e. The first-order valence-electron chi connectivity index (χ1n) is 9.28. The molecule has 0 spiro atoms. The molecular formula is C21H25N3O4. The molecule has 0 radical (unpaired) electrons. The molecule has 3 aromatic rings. The van der Waals surface area contributed by atoms with Crippen molar-refractivity contribution in [2.75, 3.05) is 13.1 Å². The zero-order valence-corrected chi connectivity index (χ0v) is 16.2. The highest BCUT2D eigenvalue weighted by Gasteiger charge is 2.46. The molecule has 1 aromatic carbocycles. The largest absolute Gasteiger partial charge is 0.382 e. The molecule has 3 heterocycles. The molecule has 28 heavy (non-hydrogen) atoms. The fourth-order valence-corrected chi connectivity index (χ4v) is 3.52. The topological polar surface area (TPSA) is 90.2 Å². The van der Waals surface area contributed by atoms with Crippen LogP contribution in [-0.2, 0) is 10.3 Å². The van der Waals surface area contributed by atoms with Gasteiger partial charge in [-0.05, 0) is 44.0 Å². The minimum absolute atomic E-state index is 0.146. The molecule has 1 fully saturated rings. The number of nitrogens with zero attached hydrogens (tertiary/aromatic N) is 2. The van der Waals surface area contributed by atoms with Crippen molar-refractivity contribution in [3.8, 4) is 11.3 Å². The molecule has 1 aliphatic rings. The number of hydrogen-bond acceptors (Lipinski definition) is 5. The van der Waals surface area contributed by atoms with E-state index in [1.165, 1.54) is 0 Å².